The average Bonchev–Trinajstić information content (AvgIpc) is 3.12. The van der Waals surface area contributed by atoms with E-state index in [1.54, 1.807) is 26.3 Å². The number of methoxy groups -OCH3 is 1. The Bertz CT molecular complexity index is 868. The van der Waals surface area contributed by atoms with Crippen LogP contribution in [-0.2, 0) is 24.3 Å². The summed E-state index contributed by atoms with van der Waals surface area (Å²) in [4.78, 5) is 20.7. The number of aryl methyl sites for hydroxylation is 1. The Morgan fingerprint density at radius 2 is 2.14 bits per heavy atom. The number of hydrogen-bond donors (Lipinski definition) is 3. The van der Waals surface area contributed by atoms with E-state index < -0.39 is 11.7 Å². The summed E-state index contributed by atoms with van der Waals surface area (Å²) < 4.78 is 20.6. The Balaban J connectivity index is 1.43. The molecule has 1 aliphatic heterocycles. The Hall–Kier alpha value is -3.01. The van der Waals surface area contributed by atoms with Crippen LogP contribution in [0.15, 0.2) is 29.3 Å². The SMILES string of the molecule is CN=C(NCCNC(=O)c1ccccc1F)NC1CCc2nc(COC)nn2C1. The minimum atomic E-state index is -0.533. The zero-order valence-corrected chi connectivity index (χ0v) is 16.6. The van der Waals surface area contributed by atoms with Crippen LogP contribution in [0.1, 0.15) is 28.4 Å². The summed E-state index contributed by atoms with van der Waals surface area (Å²) in [6.07, 6.45) is 1.74. The standard InChI is InChI=1S/C19H26FN7O2/c1-21-19(23-10-9-22-18(28)14-5-3-4-6-15(14)20)24-13-7-8-17-25-16(12-29-2)26-27(17)11-13/h3-6,13H,7-12H2,1-2H3,(H,22,28)(H2,21,23,24). The van der Waals surface area contributed by atoms with Crippen LogP contribution in [-0.4, -0.2) is 59.9 Å². The molecule has 0 fully saturated rings. The number of benzene rings is 1. The molecular formula is C19H26FN7O2. The third-order valence-corrected chi connectivity index (χ3v) is 4.56. The van der Waals surface area contributed by atoms with Gasteiger partial charge in [-0.1, -0.05) is 12.1 Å². The van der Waals surface area contributed by atoms with Crippen LogP contribution >= 0.6 is 0 Å². The van der Waals surface area contributed by atoms with Gasteiger partial charge in [0.1, 0.15) is 18.2 Å². The van der Waals surface area contributed by atoms with Gasteiger partial charge in [-0.15, -0.1) is 0 Å². The van der Waals surface area contributed by atoms with Gasteiger partial charge in [-0.3, -0.25) is 9.79 Å². The van der Waals surface area contributed by atoms with Gasteiger partial charge in [0.25, 0.3) is 5.91 Å². The number of halogens is 1. The van der Waals surface area contributed by atoms with Crippen molar-refractivity contribution in [2.24, 2.45) is 4.99 Å². The first-order chi connectivity index (χ1) is 14.1. The number of aliphatic imine (C=N–C) groups is 1. The largest absolute Gasteiger partial charge is 0.377 e. The number of amides is 1. The monoisotopic (exact) mass is 403 g/mol. The molecule has 3 N–H and O–H groups in total. The molecule has 2 heterocycles. The second-order valence-electron chi connectivity index (χ2n) is 6.67. The van der Waals surface area contributed by atoms with Crippen molar-refractivity contribution in [3.8, 4) is 0 Å². The van der Waals surface area contributed by atoms with E-state index in [-0.39, 0.29) is 11.6 Å². The second-order valence-corrected chi connectivity index (χ2v) is 6.67. The molecule has 10 heteroatoms. The Morgan fingerprint density at radius 1 is 1.34 bits per heavy atom. The molecule has 0 saturated heterocycles. The summed E-state index contributed by atoms with van der Waals surface area (Å²) in [5, 5.41) is 13.7. The maximum absolute atomic E-state index is 13.6. The lowest BCUT2D eigenvalue weighted by Gasteiger charge is -2.25. The first-order valence-corrected chi connectivity index (χ1v) is 9.52. The highest BCUT2D eigenvalue weighted by Crippen LogP contribution is 2.13. The summed E-state index contributed by atoms with van der Waals surface area (Å²) in [6, 6.07) is 6.07. The number of fused-ring (bicyclic) bond motifs is 1. The molecule has 1 aromatic heterocycles. The van der Waals surface area contributed by atoms with E-state index in [1.165, 1.54) is 12.1 Å². The molecule has 1 aromatic carbocycles. The van der Waals surface area contributed by atoms with Gasteiger partial charge < -0.3 is 20.7 Å². The molecule has 1 unspecified atom stereocenters. The third kappa shape index (κ3) is 5.50. The third-order valence-electron chi connectivity index (χ3n) is 4.56. The van der Waals surface area contributed by atoms with Gasteiger partial charge in [0.05, 0.1) is 12.1 Å². The van der Waals surface area contributed by atoms with Crippen LogP contribution in [0.3, 0.4) is 0 Å². The minimum absolute atomic E-state index is 0.0358. The van der Waals surface area contributed by atoms with Gasteiger partial charge in [0, 0.05) is 39.7 Å². The quantitative estimate of drug-likeness (QED) is 0.353. The van der Waals surface area contributed by atoms with Crippen molar-refractivity contribution in [3.05, 3.63) is 47.3 Å². The van der Waals surface area contributed by atoms with Gasteiger partial charge in [0.15, 0.2) is 11.8 Å². The van der Waals surface area contributed by atoms with Gasteiger partial charge >= 0.3 is 0 Å². The molecule has 1 aliphatic rings. The van der Waals surface area contributed by atoms with Gasteiger partial charge in [-0.25, -0.2) is 14.1 Å². The average molecular weight is 403 g/mol. The fraction of sp³-hybridized carbons (Fsp3) is 0.474. The first-order valence-electron chi connectivity index (χ1n) is 9.52. The second kappa shape index (κ2) is 9.97. The minimum Gasteiger partial charge on any atom is -0.377 e. The molecule has 0 saturated carbocycles. The molecule has 9 nitrogen and oxygen atoms in total. The molecule has 0 bridgehead atoms. The van der Waals surface area contributed by atoms with Crippen LogP contribution in [0.4, 0.5) is 4.39 Å². The number of ether oxygens (including phenoxy) is 1. The van der Waals surface area contributed by atoms with Gasteiger partial charge in [-0.2, -0.15) is 5.10 Å². The zero-order chi connectivity index (χ0) is 20.6. The topological polar surface area (TPSA) is 105 Å². The number of nitrogens with one attached hydrogen (secondary N) is 3. The smallest absolute Gasteiger partial charge is 0.254 e. The van der Waals surface area contributed by atoms with E-state index in [9.17, 15) is 9.18 Å². The van der Waals surface area contributed by atoms with E-state index >= 15 is 0 Å². The molecule has 0 aliphatic carbocycles. The predicted octanol–water partition coefficient (Wildman–Crippen LogP) is 0.473. The predicted molar refractivity (Wildman–Crippen MR) is 106 cm³/mol. The number of nitrogens with zero attached hydrogens (tertiary/aromatic N) is 4. The summed E-state index contributed by atoms with van der Waals surface area (Å²) >= 11 is 0. The van der Waals surface area contributed by atoms with E-state index in [1.807, 2.05) is 4.68 Å². The van der Waals surface area contributed by atoms with Crippen molar-refractivity contribution >= 4 is 11.9 Å². The van der Waals surface area contributed by atoms with E-state index in [2.05, 4.69) is 31.0 Å². The van der Waals surface area contributed by atoms with E-state index in [0.717, 1.165) is 18.7 Å². The van der Waals surface area contributed by atoms with Crippen molar-refractivity contribution < 1.29 is 13.9 Å². The van der Waals surface area contributed by atoms with E-state index in [4.69, 9.17) is 4.74 Å². The Kier molecular flexibility index (Phi) is 7.12. The molecule has 29 heavy (non-hydrogen) atoms. The number of hydrogen-bond acceptors (Lipinski definition) is 5. The number of aromatic nitrogens is 3. The van der Waals surface area contributed by atoms with Crippen molar-refractivity contribution in [3.63, 3.8) is 0 Å². The summed E-state index contributed by atoms with van der Waals surface area (Å²) in [5.74, 6) is 1.32. The fourth-order valence-electron chi connectivity index (χ4n) is 3.15. The molecule has 1 atom stereocenters. The van der Waals surface area contributed by atoms with Crippen molar-refractivity contribution in [1.82, 2.24) is 30.7 Å². The highest BCUT2D eigenvalue weighted by atomic mass is 19.1. The molecule has 0 spiro atoms. The van der Waals surface area contributed by atoms with Crippen LogP contribution in [0, 0.1) is 5.82 Å². The van der Waals surface area contributed by atoms with Crippen molar-refractivity contribution in [2.45, 2.75) is 32.0 Å². The fourth-order valence-corrected chi connectivity index (χ4v) is 3.15. The zero-order valence-electron chi connectivity index (χ0n) is 16.6. The van der Waals surface area contributed by atoms with Crippen LogP contribution in [0.2, 0.25) is 0 Å². The highest BCUT2D eigenvalue weighted by Gasteiger charge is 2.22. The maximum Gasteiger partial charge on any atom is 0.254 e. The lowest BCUT2D eigenvalue weighted by Crippen LogP contribution is -2.48. The number of carbonyl (C=O) groups excluding carboxylic acids is 1. The van der Waals surface area contributed by atoms with Crippen molar-refractivity contribution in [1.29, 1.82) is 0 Å². The lowest BCUT2D eigenvalue weighted by molar-refractivity contribution is 0.0950. The molecule has 0 radical (unpaired) electrons. The number of guanidine groups is 1. The normalized spacial score (nSPS) is 16.2. The molecule has 3 rings (SSSR count). The molecular weight excluding hydrogens is 377 g/mol. The summed E-state index contributed by atoms with van der Waals surface area (Å²) in [7, 11) is 3.31. The first kappa shape index (κ1) is 20.7. The Morgan fingerprint density at radius 3 is 2.90 bits per heavy atom. The van der Waals surface area contributed by atoms with Gasteiger partial charge in [-0.05, 0) is 18.6 Å². The summed E-state index contributed by atoms with van der Waals surface area (Å²) in [5.41, 5.74) is 0.0358. The maximum atomic E-state index is 13.6. The number of rotatable bonds is 7. The van der Waals surface area contributed by atoms with Crippen LogP contribution < -0.4 is 16.0 Å². The number of carbonyl (C=O) groups is 1. The van der Waals surface area contributed by atoms with Crippen LogP contribution in [0.5, 0.6) is 0 Å². The van der Waals surface area contributed by atoms with Crippen molar-refractivity contribution in [2.75, 3.05) is 27.2 Å². The van der Waals surface area contributed by atoms with Gasteiger partial charge in [0.2, 0.25) is 0 Å². The summed E-state index contributed by atoms with van der Waals surface area (Å²) in [6.45, 7) is 1.89. The molecule has 2 aromatic rings. The van der Waals surface area contributed by atoms with Crippen LogP contribution in [0.25, 0.3) is 0 Å². The lowest BCUT2D eigenvalue weighted by atomic mass is 10.1. The van der Waals surface area contributed by atoms with E-state index in [0.29, 0.717) is 38.0 Å². The Labute approximate surface area is 168 Å². The molecule has 1 amide bonds. The highest BCUT2D eigenvalue weighted by molar-refractivity contribution is 5.94. The molecule has 156 valence electrons.